The van der Waals surface area contributed by atoms with Crippen LogP contribution >= 0.6 is 11.6 Å². The van der Waals surface area contributed by atoms with Gasteiger partial charge in [-0.1, -0.05) is 37.6 Å². The fourth-order valence-electron chi connectivity index (χ4n) is 4.06. The van der Waals surface area contributed by atoms with Gasteiger partial charge in [-0.15, -0.1) is 0 Å². The van der Waals surface area contributed by atoms with Gasteiger partial charge in [0.25, 0.3) is 0 Å². The van der Waals surface area contributed by atoms with Gasteiger partial charge in [0.15, 0.2) is 5.82 Å². The van der Waals surface area contributed by atoms with E-state index in [0.717, 1.165) is 6.20 Å². The Kier molecular flexibility index (Phi) is 7.75. The Bertz CT molecular complexity index is 1460. The monoisotopic (exact) mass is 528 g/mol. The molecule has 0 saturated carbocycles. The summed E-state index contributed by atoms with van der Waals surface area (Å²) in [7, 11) is 0. The molecule has 0 aliphatic carbocycles. The molecule has 2 heterocycles. The van der Waals surface area contributed by atoms with Crippen molar-refractivity contribution >= 4 is 28.4 Å². The summed E-state index contributed by atoms with van der Waals surface area (Å²) in [5, 5.41) is 17.7. The molecule has 194 valence electrons. The second kappa shape index (κ2) is 10.8. The van der Waals surface area contributed by atoms with E-state index in [1.165, 1.54) is 23.0 Å². The third-order valence-corrected chi connectivity index (χ3v) is 6.34. The van der Waals surface area contributed by atoms with Crippen molar-refractivity contribution in [2.24, 2.45) is 5.92 Å². The number of halogens is 3. The number of aromatic nitrogens is 3. The summed E-state index contributed by atoms with van der Waals surface area (Å²) in [6.07, 6.45) is 1.20. The highest BCUT2D eigenvalue weighted by Gasteiger charge is 2.23. The summed E-state index contributed by atoms with van der Waals surface area (Å²) in [6.45, 7) is 6.90. The number of amides is 1. The van der Waals surface area contributed by atoms with Gasteiger partial charge in [-0.25, -0.2) is 18.4 Å². The van der Waals surface area contributed by atoms with Gasteiger partial charge in [0.05, 0.1) is 29.1 Å². The van der Waals surface area contributed by atoms with Crippen LogP contribution in [0.3, 0.4) is 0 Å². The van der Waals surface area contributed by atoms with E-state index in [1.807, 2.05) is 13.0 Å². The number of rotatable bonds is 8. The van der Waals surface area contributed by atoms with Gasteiger partial charge in [0, 0.05) is 16.6 Å². The third kappa shape index (κ3) is 5.73. The lowest BCUT2D eigenvalue weighted by Gasteiger charge is -2.22. The smallest absolute Gasteiger partial charge is 0.249 e. The van der Waals surface area contributed by atoms with Gasteiger partial charge in [-0.2, -0.15) is 5.10 Å². The second-order valence-corrected chi connectivity index (χ2v) is 9.61. The van der Waals surface area contributed by atoms with E-state index in [1.54, 1.807) is 39.0 Å². The number of hydrogen-bond acceptors (Lipinski definition) is 5. The highest BCUT2D eigenvalue weighted by atomic mass is 35.5. The van der Waals surface area contributed by atoms with Crippen LogP contribution in [0.2, 0.25) is 5.02 Å². The number of aliphatic hydroxyl groups excluding tert-OH is 1. The van der Waals surface area contributed by atoms with Gasteiger partial charge in [-0.3, -0.25) is 4.79 Å². The first kappa shape index (κ1) is 26.5. The fourth-order valence-corrected chi connectivity index (χ4v) is 4.33. The average molecular weight is 529 g/mol. The summed E-state index contributed by atoms with van der Waals surface area (Å²) >= 11 is 6.40. The number of benzene rings is 2. The molecule has 0 aliphatic rings. The van der Waals surface area contributed by atoms with Crippen LogP contribution in [0.25, 0.3) is 16.6 Å². The predicted octanol–water partition coefficient (Wildman–Crippen LogP) is 5.43. The molecule has 2 aromatic carbocycles. The molecule has 0 fully saturated rings. The zero-order valence-corrected chi connectivity index (χ0v) is 21.6. The summed E-state index contributed by atoms with van der Waals surface area (Å²) in [4.78, 5) is 17.0. The van der Waals surface area contributed by atoms with Crippen molar-refractivity contribution in [2.75, 3.05) is 0 Å². The molecule has 0 spiro atoms. The Labute approximate surface area is 218 Å². The molecule has 2 N–H and O–H groups in total. The van der Waals surface area contributed by atoms with Crippen LogP contribution in [-0.2, 0) is 11.4 Å². The van der Waals surface area contributed by atoms with E-state index in [0.29, 0.717) is 39.2 Å². The highest BCUT2D eigenvalue weighted by molar-refractivity contribution is 6.31. The summed E-state index contributed by atoms with van der Waals surface area (Å²) in [5.41, 5.74) is 2.75. The molecule has 4 aromatic rings. The van der Waals surface area contributed by atoms with Crippen molar-refractivity contribution < 1.29 is 23.4 Å². The number of fused-ring (bicyclic) bond motifs is 1. The minimum atomic E-state index is -1.20. The average Bonchev–Trinajstić information content (AvgIpc) is 3.28. The lowest BCUT2D eigenvalue weighted by atomic mass is 10.00. The second-order valence-electron chi connectivity index (χ2n) is 9.20. The Morgan fingerprint density at radius 3 is 2.62 bits per heavy atom. The quantitative estimate of drug-likeness (QED) is 0.318. The maximum Gasteiger partial charge on any atom is 0.249 e. The van der Waals surface area contributed by atoms with Crippen LogP contribution < -0.4 is 10.1 Å². The lowest BCUT2D eigenvalue weighted by molar-refractivity contribution is -0.132. The molecular weight excluding hydrogens is 502 g/mol. The third-order valence-electron chi connectivity index (χ3n) is 6.00. The van der Waals surface area contributed by atoms with Crippen molar-refractivity contribution in [3.05, 3.63) is 82.3 Å². The van der Waals surface area contributed by atoms with Crippen molar-refractivity contribution in [3.8, 4) is 11.4 Å². The predicted molar refractivity (Wildman–Crippen MR) is 137 cm³/mol. The van der Waals surface area contributed by atoms with E-state index in [4.69, 9.17) is 16.3 Å². The Hall–Kier alpha value is -3.56. The first-order valence-corrected chi connectivity index (χ1v) is 12.1. The normalized spacial score (nSPS) is 13.1. The molecule has 2 aromatic heterocycles. The van der Waals surface area contributed by atoms with Crippen molar-refractivity contribution in [3.63, 3.8) is 0 Å². The fraction of sp³-hybridized carbons (Fsp3) is 0.296. The minimum Gasteiger partial charge on any atom is -0.487 e. The standard InChI is InChI=1S/C27H27ClF2N4O3/c1-14(2)26(35)27(36)33-16(4)20-9-17(29)10-22(28)21(20)13-37-24-7-5-6-19-23(8-15(3)32-25(19)24)34-12-18(30)11-31-34/h5-12,14,16,26,35H,13H2,1-4H3,(H,33,36)/t16-,26-/m0/s1. The summed E-state index contributed by atoms with van der Waals surface area (Å²) in [5.74, 6) is -1.43. The number of aliphatic hydroxyl groups is 1. The van der Waals surface area contributed by atoms with E-state index < -0.39 is 29.7 Å². The van der Waals surface area contributed by atoms with Crippen LogP contribution in [0.5, 0.6) is 5.75 Å². The van der Waals surface area contributed by atoms with Crippen LogP contribution in [0.4, 0.5) is 8.78 Å². The zero-order chi connectivity index (χ0) is 26.9. The first-order chi connectivity index (χ1) is 17.5. The number of pyridine rings is 1. The molecule has 0 unspecified atom stereocenters. The summed E-state index contributed by atoms with van der Waals surface area (Å²) in [6, 6.07) is 8.96. The van der Waals surface area contributed by atoms with Crippen LogP contribution in [0, 0.1) is 24.5 Å². The number of para-hydroxylation sites is 1. The van der Waals surface area contributed by atoms with E-state index in [2.05, 4.69) is 15.4 Å². The van der Waals surface area contributed by atoms with Crippen LogP contribution in [-0.4, -0.2) is 31.9 Å². The Morgan fingerprint density at radius 2 is 1.95 bits per heavy atom. The maximum absolute atomic E-state index is 14.3. The first-order valence-electron chi connectivity index (χ1n) is 11.7. The molecule has 4 rings (SSSR count). The van der Waals surface area contributed by atoms with E-state index in [-0.39, 0.29) is 17.5 Å². The van der Waals surface area contributed by atoms with E-state index >= 15 is 0 Å². The SMILES string of the molecule is Cc1cc(-n2cc(F)cn2)c2cccc(OCc3c(Cl)cc(F)cc3[C@H](C)NC(=O)[C@@H](O)C(C)C)c2n1. The largest absolute Gasteiger partial charge is 0.487 e. The molecule has 0 radical (unpaired) electrons. The number of nitrogens with zero attached hydrogens (tertiary/aromatic N) is 3. The van der Waals surface area contributed by atoms with E-state index in [9.17, 15) is 18.7 Å². The summed E-state index contributed by atoms with van der Waals surface area (Å²) < 4.78 is 35.5. The van der Waals surface area contributed by atoms with Crippen molar-refractivity contribution in [1.82, 2.24) is 20.1 Å². The topological polar surface area (TPSA) is 89.3 Å². The van der Waals surface area contributed by atoms with Crippen LogP contribution in [0.15, 0.2) is 48.8 Å². The number of carbonyl (C=O) groups is 1. The molecule has 0 aliphatic heterocycles. The molecule has 1 amide bonds. The molecule has 0 saturated heterocycles. The molecule has 0 bridgehead atoms. The molecule has 37 heavy (non-hydrogen) atoms. The number of aryl methyl sites for hydroxylation is 1. The van der Waals surface area contributed by atoms with Gasteiger partial charge >= 0.3 is 0 Å². The highest BCUT2D eigenvalue weighted by Crippen LogP contribution is 2.32. The molecule has 7 nitrogen and oxygen atoms in total. The van der Waals surface area contributed by atoms with Gasteiger partial charge in [0.1, 0.15) is 29.8 Å². The van der Waals surface area contributed by atoms with Gasteiger partial charge < -0.3 is 15.2 Å². The van der Waals surface area contributed by atoms with Crippen molar-refractivity contribution in [1.29, 1.82) is 0 Å². The van der Waals surface area contributed by atoms with Gasteiger partial charge in [0.2, 0.25) is 5.91 Å². The molecule has 10 heteroatoms. The minimum absolute atomic E-state index is 0.0398. The lowest BCUT2D eigenvalue weighted by Crippen LogP contribution is -2.39. The number of hydrogen-bond donors (Lipinski definition) is 2. The van der Waals surface area contributed by atoms with Gasteiger partial charge in [-0.05, 0) is 49.6 Å². The van der Waals surface area contributed by atoms with Crippen LogP contribution in [0.1, 0.15) is 43.6 Å². The zero-order valence-electron chi connectivity index (χ0n) is 20.8. The Balaban J connectivity index is 1.67. The van der Waals surface area contributed by atoms with Crippen molar-refractivity contribution in [2.45, 2.75) is 46.4 Å². The molecular formula is C27H27ClF2N4O3. The molecule has 2 atom stereocenters. The maximum atomic E-state index is 14.3. The number of carbonyl (C=O) groups excluding carboxylic acids is 1. The number of ether oxygens (including phenoxy) is 1. The Morgan fingerprint density at radius 1 is 1.19 bits per heavy atom. The number of nitrogens with one attached hydrogen (secondary N) is 1.